The Morgan fingerprint density at radius 3 is 2.89 bits per heavy atom. The van der Waals surface area contributed by atoms with Gasteiger partial charge in [-0.3, -0.25) is 9.59 Å². The molecule has 2 aromatic rings. The molecule has 7 nitrogen and oxygen atoms in total. The molecule has 8 heteroatoms. The number of amides is 1. The molecule has 1 amide bonds. The van der Waals surface area contributed by atoms with Gasteiger partial charge in [-0.2, -0.15) is 5.26 Å². The number of pyridine rings is 1. The summed E-state index contributed by atoms with van der Waals surface area (Å²) >= 11 is 1.03. The predicted molar refractivity (Wildman–Crippen MR) is 66.0 cm³/mol. The molecule has 0 aliphatic carbocycles. The van der Waals surface area contributed by atoms with Gasteiger partial charge in [-0.1, -0.05) is 0 Å². The van der Waals surface area contributed by atoms with Crippen LogP contribution in [0.15, 0.2) is 12.3 Å². The lowest BCUT2D eigenvalue weighted by molar-refractivity contribution is -0.135. The average Bonchev–Trinajstić information content (AvgIpc) is 2.80. The van der Waals surface area contributed by atoms with Crippen molar-refractivity contribution in [1.29, 1.82) is 5.26 Å². The molecule has 0 aromatic carbocycles. The lowest BCUT2D eigenvalue weighted by Gasteiger charge is -2.04. The van der Waals surface area contributed by atoms with Gasteiger partial charge < -0.3 is 15.5 Å². The molecule has 2 aromatic heterocycles. The van der Waals surface area contributed by atoms with E-state index in [1.807, 2.05) is 6.07 Å². The summed E-state index contributed by atoms with van der Waals surface area (Å²) in [5.41, 5.74) is -0.264. The molecular weight excluding hydrogens is 270 g/mol. The fraction of sp³-hybridized carbons (Fsp3) is 0.0909. The predicted octanol–water partition coefficient (Wildman–Crippen LogP) is 0.688. The number of nitriles is 1. The first-order chi connectivity index (χ1) is 9.02. The number of hydrogen-bond donors (Lipinski definition) is 3. The van der Waals surface area contributed by atoms with E-state index < -0.39 is 18.4 Å². The first-order valence-corrected chi connectivity index (χ1v) is 5.86. The van der Waals surface area contributed by atoms with Gasteiger partial charge in [0.2, 0.25) is 0 Å². The molecule has 0 saturated carbocycles. The number of fused-ring (bicyclic) bond motifs is 1. The monoisotopic (exact) mass is 277 g/mol. The van der Waals surface area contributed by atoms with Gasteiger partial charge in [0.05, 0.1) is 4.70 Å². The standard InChI is InChI=1S/C11H7N3O4S/c12-2-6-1-5-3-13-8(9(17)10(5)19-6)11(18)14-4-7(15)16/h1,3,17H,4H2,(H,14,18)(H,15,16). The molecule has 3 N–H and O–H groups in total. The van der Waals surface area contributed by atoms with Crippen molar-refractivity contribution in [3.8, 4) is 11.8 Å². The number of carbonyl (C=O) groups is 2. The first-order valence-electron chi connectivity index (χ1n) is 5.04. The van der Waals surface area contributed by atoms with E-state index in [0.29, 0.717) is 15.0 Å². The van der Waals surface area contributed by atoms with Crippen molar-refractivity contribution < 1.29 is 19.8 Å². The summed E-state index contributed by atoms with van der Waals surface area (Å²) in [6.45, 7) is -0.564. The van der Waals surface area contributed by atoms with Crippen LogP contribution in [0.1, 0.15) is 15.4 Å². The van der Waals surface area contributed by atoms with E-state index in [0.717, 1.165) is 11.3 Å². The van der Waals surface area contributed by atoms with Crippen molar-refractivity contribution in [2.75, 3.05) is 6.54 Å². The van der Waals surface area contributed by atoms with E-state index in [1.54, 1.807) is 6.07 Å². The Morgan fingerprint density at radius 1 is 1.53 bits per heavy atom. The van der Waals surface area contributed by atoms with E-state index >= 15 is 0 Å². The van der Waals surface area contributed by atoms with Gasteiger partial charge in [-0.15, -0.1) is 11.3 Å². The number of aromatic hydroxyl groups is 1. The number of carbonyl (C=O) groups excluding carboxylic acids is 1. The van der Waals surface area contributed by atoms with Crippen molar-refractivity contribution in [3.63, 3.8) is 0 Å². The van der Waals surface area contributed by atoms with E-state index in [4.69, 9.17) is 10.4 Å². The second-order valence-corrected chi connectivity index (χ2v) is 4.59. The van der Waals surface area contributed by atoms with Gasteiger partial charge in [0.1, 0.15) is 17.5 Å². The molecule has 96 valence electrons. The van der Waals surface area contributed by atoms with Gasteiger partial charge in [0.25, 0.3) is 5.91 Å². The van der Waals surface area contributed by atoms with Crippen LogP contribution in [0, 0.1) is 11.3 Å². The highest BCUT2D eigenvalue weighted by Crippen LogP contribution is 2.33. The molecule has 0 radical (unpaired) electrons. The van der Waals surface area contributed by atoms with Crippen LogP contribution in [-0.4, -0.2) is 33.6 Å². The van der Waals surface area contributed by atoms with Crippen LogP contribution in [-0.2, 0) is 4.79 Å². The zero-order valence-electron chi connectivity index (χ0n) is 9.38. The number of thiophene rings is 1. The molecule has 0 fully saturated rings. The number of hydrogen-bond acceptors (Lipinski definition) is 6. The summed E-state index contributed by atoms with van der Waals surface area (Å²) in [5, 5.41) is 29.8. The Labute approximate surface area is 110 Å². The topological polar surface area (TPSA) is 123 Å². The van der Waals surface area contributed by atoms with Crippen LogP contribution in [0.3, 0.4) is 0 Å². The fourth-order valence-corrected chi connectivity index (χ4v) is 2.32. The second kappa shape index (κ2) is 4.91. The third-order valence-electron chi connectivity index (χ3n) is 2.26. The van der Waals surface area contributed by atoms with E-state index in [9.17, 15) is 14.7 Å². The number of nitrogens with zero attached hydrogens (tertiary/aromatic N) is 2. The zero-order chi connectivity index (χ0) is 14.0. The number of aromatic nitrogens is 1. The molecule has 2 rings (SSSR count). The van der Waals surface area contributed by atoms with Crippen LogP contribution in [0.2, 0.25) is 0 Å². The molecule has 0 aliphatic rings. The van der Waals surface area contributed by atoms with Gasteiger partial charge in [-0.25, -0.2) is 4.98 Å². The number of carboxylic acid groups (broad SMARTS) is 1. The summed E-state index contributed by atoms with van der Waals surface area (Å²) in [6, 6.07) is 3.48. The fourth-order valence-electron chi connectivity index (χ4n) is 1.45. The lowest BCUT2D eigenvalue weighted by atomic mass is 10.2. The second-order valence-electron chi connectivity index (χ2n) is 3.54. The van der Waals surface area contributed by atoms with Gasteiger partial charge >= 0.3 is 5.97 Å². The van der Waals surface area contributed by atoms with Crippen molar-refractivity contribution in [3.05, 3.63) is 22.8 Å². The molecule has 19 heavy (non-hydrogen) atoms. The minimum absolute atomic E-state index is 0.264. The van der Waals surface area contributed by atoms with E-state index in [-0.39, 0.29) is 11.4 Å². The average molecular weight is 277 g/mol. The Balaban J connectivity index is 2.39. The SMILES string of the molecule is N#Cc1cc2cnc(C(=O)NCC(=O)O)c(O)c2s1. The molecular formula is C11H7N3O4S. The summed E-state index contributed by atoms with van der Waals surface area (Å²) < 4.78 is 0.368. The largest absolute Gasteiger partial charge is 0.504 e. The molecule has 0 atom stereocenters. The molecule has 2 heterocycles. The highest BCUT2D eigenvalue weighted by Gasteiger charge is 2.18. The maximum atomic E-state index is 11.6. The van der Waals surface area contributed by atoms with E-state index in [2.05, 4.69) is 10.3 Å². The quantitative estimate of drug-likeness (QED) is 0.758. The summed E-state index contributed by atoms with van der Waals surface area (Å²) in [6.07, 6.45) is 1.35. The first kappa shape index (κ1) is 12.8. The number of nitrogens with one attached hydrogen (secondary N) is 1. The number of aliphatic carboxylic acids is 1. The van der Waals surface area contributed by atoms with Crippen molar-refractivity contribution >= 4 is 33.3 Å². The highest BCUT2D eigenvalue weighted by molar-refractivity contribution is 7.19. The van der Waals surface area contributed by atoms with Gasteiger partial charge in [0.15, 0.2) is 11.4 Å². The summed E-state index contributed by atoms with van der Waals surface area (Å²) in [4.78, 5) is 26.1. The molecule has 0 bridgehead atoms. The maximum Gasteiger partial charge on any atom is 0.322 e. The van der Waals surface area contributed by atoms with Crippen molar-refractivity contribution in [2.24, 2.45) is 0 Å². The Hall–Kier alpha value is -2.66. The van der Waals surface area contributed by atoms with Crippen LogP contribution in [0.4, 0.5) is 0 Å². The van der Waals surface area contributed by atoms with E-state index in [1.165, 1.54) is 6.20 Å². The van der Waals surface area contributed by atoms with Crippen LogP contribution >= 0.6 is 11.3 Å². The number of carboxylic acids is 1. The smallest absolute Gasteiger partial charge is 0.322 e. The number of rotatable bonds is 3. The summed E-state index contributed by atoms with van der Waals surface area (Å²) in [5.74, 6) is -2.34. The van der Waals surface area contributed by atoms with Gasteiger partial charge in [0, 0.05) is 11.6 Å². The third kappa shape index (κ3) is 2.46. The zero-order valence-corrected chi connectivity index (χ0v) is 10.2. The van der Waals surface area contributed by atoms with Crippen molar-refractivity contribution in [1.82, 2.24) is 10.3 Å². The van der Waals surface area contributed by atoms with Crippen LogP contribution < -0.4 is 5.32 Å². The molecule has 0 aliphatic heterocycles. The Kier molecular flexibility index (Phi) is 3.31. The Morgan fingerprint density at radius 2 is 2.26 bits per heavy atom. The maximum absolute atomic E-state index is 11.6. The molecule has 0 spiro atoms. The van der Waals surface area contributed by atoms with Crippen LogP contribution in [0.5, 0.6) is 5.75 Å². The van der Waals surface area contributed by atoms with Crippen LogP contribution in [0.25, 0.3) is 10.1 Å². The minimum atomic E-state index is -1.20. The highest BCUT2D eigenvalue weighted by atomic mass is 32.1. The van der Waals surface area contributed by atoms with Gasteiger partial charge in [-0.05, 0) is 6.07 Å². The Bertz CT molecular complexity index is 717. The minimum Gasteiger partial charge on any atom is -0.504 e. The lowest BCUT2D eigenvalue weighted by Crippen LogP contribution is -2.29. The van der Waals surface area contributed by atoms with Crippen molar-refractivity contribution in [2.45, 2.75) is 0 Å². The molecule has 0 saturated heterocycles. The summed E-state index contributed by atoms with van der Waals surface area (Å²) in [7, 11) is 0. The third-order valence-corrected chi connectivity index (χ3v) is 3.32. The normalized spacial score (nSPS) is 10.1. The molecule has 0 unspecified atom stereocenters.